The number of amides is 1. The average Bonchev–Trinajstić information content (AvgIpc) is 2.98. The number of aryl methyl sites for hydroxylation is 1. The third kappa shape index (κ3) is 3.85. The molecule has 1 aromatic heterocycles. The van der Waals surface area contributed by atoms with Crippen LogP contribution in [-0.4, -0.2) is 41.5 Å². The highest BCUT2D eigenvalue weighted by Crippen LogP contribution is 2.19. The highest BCUT2D eigenvalue weighted by molar-refractivity contribution is 5.78. The minimum Gasteiger partial charge on any atom is -0.466 e. The molecule has 1 aliphatic heterocycles. The minimum absolute atomic E-state index is 0.119. The number of nitrogens with one attached hydrogen (secondary N) is 1. The predicted octanol–water partition coefficient (Wildman–Crippen LogP) is 1.75. The Hall–Kier alpha value is -1.78. The first-order valence-electron chi connectivity index (χ1n) is 7.27. The standard InChI is InChI=1S/C15H22N2O3/c1-2-20-15(19)12-5-4-10-17(11-12)14(18)8-7-13-6-3-9-16-13/h3,6,9,12,16H,2,4-5,7-8,10-11H2,1H3. The first kappa shape index (κ1) is 14.6. The molecular weight excluding hydrogens is 256 g/mol. The largest absolute Gasteiger partial charge is 0.466 e. The summed E-state index contributed by atoms with van der Waals surface area (Å²) in [5.74, 6) is -0.207. The van der Waals surface area contributed by atoms with Crippen LogP contribution in [0.1, 0.15) is 31.9 Å². The van der Waals surface area contributed by atoms with Gasteiger partial charge in [-0.15, -0.1) is 0 Å². The second-order valence-electron chi connectivity index (χ2n) is 5.13. The molecule has 1 N–H and O–H groups in total. The second kappa shape index (κ2) is 7.12. The molecule has 0 radical (unpaired) electrons. The van der Waals surface area contributed by atoms with Gasteiger partial charge in [0.2, 0.25) is 5.91 Å². The maximum atomic E-state index is 12.2. The molecule has 0 aromatic carbocycles. The molecule has 5 nitrogen and oxygen atoms in total. The lowest BCUT2D eigenvalue weighted by Gasteiger charge is -2.31. The topological polar surface area (TPSA) is 62.4 Å². The molecule has 1 atom stereocenters. The van der Waals surface area contributed by atoms with Crippen LogP contribution in [0.15, 0.2) is 18.3 Å². The van der Waals surface area contributed by atoms with Gasteiger partial charge in [0.05, 0.1) is 12.5 Å². The van der Waals surface area contributed by atoms with E-state index in [1.165, 1.54) is 0 Å². The van der Waals surface area contributed by atoms with Gasteiger partial charge in [-0.05, 0) is 38.3 Å². The molecule has 0 aliphatic carbocycles. The summed E-state index contributed by atoms with van der Waals surface area (Å²) in [7, 11) is 0. The summed E-state index contributed by atoms with van der Waals surface area (Å²) in [6, 6.07) is 3.91. The van der Waals surface area contributed by atoms with Gasteiger partial charge < -0.3 is 14.6 Å². The Kier molecular flexibility index (Phi) is 5.21. The first-order valence-corrected chi connectivity index (χ1v) is 7.27. The Morgan fingerprint density at radius 2 is 2.35 bits per heavy atom. The lowest BCUT2D eigenvalue weighted by Crippen LogP contribution is -2.42. The van der Waals surface area contributed by atoms with E-state index in [4.69, 9.17) is 4.74 Å². The van der Waals surface area contributed by atoms with Gasteiger partial charge in [0.15, 0.2) is 0 Å². The summed E-state index contributed by atoms with van der Waals surface area (Å²) in [6.45, 7) is 3.46. The Morgan fingerprint density at radius 3 is 3.05 bits per heavy atom. The molecule has 1 aliphatic rings. The predicted molar refractivity (Wildman–Crippen MR) is 75.1 cm³/mol. The van der Waals surface area contributed by atoms with Crippen LogP contribution in [0, 0.1) is 5.92 Å². The summed E-state index contributed by atoms with van der Waals surface area (Å²) in [5, 5.41) is 0. The van der Waals surface area contributed by atoms with Crippen LogP contribution in [-0.2, 0) is 20.7 Å². The van der Waals surface area contributed by atoms with Crippen molar-refractivity contribution in [2.75, 3.05) is 19.7 Å². The van der Waals surface area contributed by atoms with Gasteiger partial charge in [-0.1, -0.05) is 0 Å². The number of likely N-dealkylation sites (tertiary alicyclic amines) is 1. The fourth-order valence-corrected chi connectivity index (χ4v) is 2.58. The van der Waals surface area contributed by atoms with Gasteiger partial charge in [0.1, 0.15) is 0 Å². The van der Waals surface area contributed by atoms with Crippen LogP contribution in [0.5, 0.6) is 0 Å². The molecule has 2 rings (SSSR count). The van der Waals surface area contributed by atoms with E-state index in [9.17, 15) is 9.59 Å². The Balaban J connectivity index is 1.81. The van der Waals surface area contributed by atoms with Crippen LogP contribution < -0.4 is 0 Å². The van der Waals surface area contributed by atoms with Gasteiger partial charge in [0, 0.05) is 31.4 Å². The number of carbonyl (C=O) groups excluding carboxylic acids is 2. The molecule has 110 valence electrons. The molecular formula is C15H22N2O3. The van der Waals surface area contributed by atoms with Gasteiger partial charge in [0.25, 0.3) is 0 Å². The monoisotopic (exact) mass is 278 g/mol. The third-order valence-electron chi connectivity index (χ3n) is 3.66. The van der Waals surface area contributed by atoms with Gasteiger partial charge >= 0.3 is 5.97 Å². The lowest BCUT2D eigenvalue weighted by molar-refractivity contribution is -0.151. The molecule has 5 heteroatoms. The Morgan fingerprint density at radius 1 is 1.50 bits per heavy atom. The van der Waals surface area contributed by atoms with Crippen molar-refractivity contribution in [1.82, 2.24) is 9.88 Å². The highest BCUT2D eigenvalue weighted by atomic mass is 16.5. The van der Waals surface area contributed by atoms with Crippen molar-refractivity contribution in [3.05, 3.63) is 24.0 Å². The summed E-state index contributed by atoms with van der Waals surface area (Å²) < 4.78 is 5.05. The molecule has 0 bridgehead atoms. The van der Waals surface area contributed by atoms with Gasteiger partial charge in [-0.3, -0.25) is 9.59 Å². The zero-order valence-corrected chi connectivity index (χ0v) is 11.9. The van der Waals surface area contributed by atoms with Crippen LogP contribution in [0.4, 0.5) is 0 Å². The van der Waals surface area contributed by atoms with E-state index in [1.54, 1.807) is 11.8 Å². The normalized spacial score (nSPS) is 18.9. The van der Waals surface area contributed by atoms with Crippen molar-refractivity contribution in [2.24, 2.45) is 5.92 Å². The zero-order valence-electron chi connectivity index (χ0n) is 11.9. The highest BCUT2D eigenvalue weighted by Gasteiger charge is 2.28. The molecule has 1 saturated heterocycles. The minimum atomic E-state index is -0.172. The van der Waals surface area contributed by atoms with E-state index >= 15 is 0 Å². The van der Waals surface area contributed by atoms with E-state index in [2.05, 4.69) is 4.98 Å². The summed E-state index contributed by atoms with van der Waals surface area (Å²) >= 11 is 0. The number of carbonyl (C=O) groups is 2. The fourth-order valence-electron chi connectivity index (χ4n) is 2.58. The van der Waals surface area contributed by atoms with Crippen LogP contribution >= 0.6 is 0 Å². The Labute approximate surface area is 119 Å². The first-order chi connectivity index (χ1) is 9.70. The van der Waals surface area contributed by atoms with Crippen molar-refractivity contribution in [3.63, 3.8) is 0 Å². The summed E-state index contributed by atoms with van der Waals surface area (Å²) in [6.07, 6.45) is 4.75. The number of aromatic amines is 1. The number of aromatic nitrogens is 1. The van der Waals surface area contributed by atoms with E-state index in [0.29, 0.717) is 26.0 Å². The maximum absolute atomic E-state index is 12.2. The summed E-state index contributed by atoms with van der Waals surface area (Å²) in [4.78, 5) is 28.8. The van der Waals surface area contributed by atoms with Crippen molar-refractivity contribution in [3.8, 4) is 0 Å². The van der Waals surface area contributed by atoms with E-state index in [1.807, 2.05) is 18.3 Å². The average molecular weight is 278 g/mol. The van der Waals surface area contributed by atoms with Crippen LogP contribution in [0.2, 0.25) is 0 Å². The smallest absolute Gasteiger partial charge is 0.310 e. The molecule has 1 amide bonds. The molecule has 2 heterocycles. The van der Waals surface area contributed by atoms with Gasteiger partial charge in [-0.25, -0.2) is 0 Å². The lowest BCUT2D eigenvalue weighted by atomic mass is 9.98. The summed E-state index contributed by atoms with van der Waals surface area (Å²) in [5.41, 5.74) is 1.07. The number of nitrogens with zero attached hydrogens (tertiary/aromatic N) is 1. The van der Waals surface area contributed by atoms with Crippen LogP contribution in [0.25, 0.3) is 0 Å². The number of H-pyrrole nitrogens is 1. The third-order valence-corrected chi connectivity index (χ3v) is 3.66. The number of ether oxygens (including phenoxy) is 1. The molecule has 20 heavy (non-hydrogen) atoms. The molecule has 0 spiro atoms. The number of rotatable bonds is 5. The second-order valence-corrected chi connectivity index (χ2v) is 5.13. The van der Waals surface area contributed by atoms with E-state index in [-0.39, 0.29) is 17.8 Å². The molecule has 1 unspecified atom stereocenters. The quantitative estimate of drug-likeness (QED) is 0.835. The van der Waals surface area contributed by atoms with Crippen molar-refractivity contribution in [2.45, 2.75) is 32.6 Å². The van der Waals surface area contributed by atoms with Gasteiger partial charge in [-0.2, -0.15) is 0 Å². The van der Waals surface area contributed by atoms with Crippen molar-refractivity contribution < 1.29 is 14.3 Å². The maximum Gasteiger partial charge on any atom is 0.310 e. The molecule has 0 saturated carbocycles. The Bertz CT molecular complexity index is 442. The number of piperidine rings is 1. The SMILES string of the molecule is CCOC(=O)C1CCCN(C(=O)CCc2ccc[nH]2)C1. The van der Waals surface area contributed by atoms with E-state index < -0.39 is 0 Å². The van der Waals surface area contributed by atoms with Crippen LogP contribution in [0.3, 0.4) is 0 Å². The fraction of sp³-hybridized carbons (Fsp3) is 0.600. The zero-order chi connectivity index (χ0) is 14.4. The molecule has 1 aromatic rings. The molecule has 1 fully saturated rings. The number of esters is 1. The number of hydrogen-bond donors (Lipinski definition) is 1. The number of hydrogen-bond acceptors (Lipinski definition) is 3. The van der Waals surface area contributed by atoms with Crippen molar-refractivity contribution in [1.29, 1.82) is 0 Å². The van der Waals surface area contributed by atoms with Crippen molar-refractivity contribution >= 4 is 11.9 Å². The van der Waals surface area contributed by atoms with E-state index in [0.717, 1.165) is 25.1 Å².